The van der Waals surface area contributed by atoms with Gasteiger partial charge in [0, 0.05) is 32.7 Å². The van der Waals surface area contributed by atoms with Crippen molar-refractivity contribution < 1.29 is 9.53 Å². The van der Waals surface area contributed by atoms with Crippen LogP contribution < -0.4 is 0 Å². The standard InChI is InChI=1S/C19H26N6O2/c1-19(2,3)27-18(26)25-12-10-24(11-13-25)14-16-7-5-4-6-15(16)8-9-17-20-22-23-21-17/h4-9H,10-14H2,1-3H3,(H,20,21,22,23)/b9-8+. The molecule has 0 aliphatic carbocycles. The summed E-state index contributed by atoms with van der Waals surface area (Å²) in [6.07, 6.45) is 3.64. The van der Waals surface area contributed by atoms with Crippen LogP contribution in [0.25, 0.3) is 12.2 Å². The molecule has 1 aliphatic rings. The number of rotatable bonds is 4. The number of carbonyl (C=O) groups is 1. The summed E-state index contributed by atoms with van der Waals surface area (Å²) in [7, 11) is 0. The highest BCUT2D eigenvalue weighted by Gasteiger charge is 2.25. The zero-order chi connectivity index (χ0) is 19.3. The van der Waals surface area contributed by atoms with Crippen LogP contribution in [-0.4, -0.2) is 68.3 Å². The Hall–Kier alpha value is -2.74. The Morgan fingerprint density at radius 3 is 2.59 bits per heavy atom. The molecule has 27 heavy (non-hydrogen) atoms. The molecule has 1 saturated heterocycles. The summed E-state index contributed by atoms with van der Waals surface area (Å²) in [5, 5.41) is 13.7. The topological polar surface area (TPSA) is 87.2 Å². The molecule has 2 aromatic rings. The maximum Gasteiger partial charge on any atom is 0.410 e. The SMILES string of the molecule is CC(C)(C)OC(=O)N1CCN(Cc2ccccc2/C=C/c2nnn[nH]2)CC1. The predicted molar refractivity (Wildman–Crippen MR) is 103 cm³/mol. The van der Waals surface area contributed by atoms with Gasteiger partial charge in [-0.15, -0.1) is 5.10 Å². The van der Waals surface area contributed by atoms with Gasteiger partial charge in [0.1, 0.15) is 5.60 Å². The fourth-order valence-electron chi connectivity index (χ4n) is 2.90. The molecule has 0 bridgehead atoms. The molecule has 1 amide bonds. The minimum atomic E-state index is -0.460. The molecule has 3 rings (SSSR count). The van der Waals surface area contributed by atoms with Crippen molar-refractivity contribution in [1.29, 1.82) is 0 Å². The number of tetrazole rings is 1. The quantitative estimate of drug-likeness (QED) is 0.889. The van der Waals surface area contributed by atoms with E-state index in [4.69, 9.17) is 4.74 Å². The molecule has 0 radical (unpaired) electrons. The minimum Gasteiger partial charge on any atom is -0.444 e. The molecule has 1 aliphatic heterocycles. The van der Waals surface area contributed by atoms with E-state index >= 15 is 0 Å². The largest absolute Gasteiger partial charge is 0.444 e. The van der Waals surface area contributed by atoms with Gasteiger partial charge in [0.2, 0.25) is 0 Å². The van der Waals surface area contributed by atoms with Crippen molar-refractivity contribution in [3.63, 3.8) is 0 Å². The Labute approximate surface area is 159 Å². The van der Waals surface area contributed by atoms with Gasteiger partial charge in [-0.05, 0) is 48.4 Å². The Morgan fingerprint density at radius 2 is 1.93 bits per heavy atom. The highest BCUT2D eigenvalue weighted by Crippen LogP contribution is 2.17. The smallest absolute Gasteiger partial charge is 0.410 e. The van der Waals surface area contributed by atoms with E-state index in [0.717, 1.165) is 25.2 Å². The Balaban J connectivity index is 1.57. The summed E-state index contributed by atoms with van der Waals surface area (Å²) in [5.41, 5.74) is 1.90. The molecule has 0 saturated carbocycles. The number of carbonyl (C=O) groups excluding carboxylic acids is 1. The molecule has 0 spiro atoms. The first-order valence-corrected chi connectivity index (χ1v) is 9.11. The van der Waals surface area contributed by atoms with Gasteiger partial charge in [0.05, 0.1) is 0 Å². The van der Waals surface area contributed by atoms with E-state index < -0.39 is 5.60 Å². The molecular weight excluding hydrogens is 344 g/mol. The normalized spacial score (nSPS) is 16.0. The molecule has 1 aromatic heterocycles. The van der Waals surface area contributed by atoms with Gasteiger partial charge in [0.25, 0.3) is 0 Å². The molecule has 8 nitrogen and oxygen atoms in total. The Morgan fingerprint density at radius 1 is 1.19 bits per heavy atom. The van der Waals surface area contributed by atoms with E-state index in [1.54, 1.807) is 4.90 Å². The van der Waals surface area contributed by atoms with Gasteiger partial charge >= 0.3 is 6.09 Å². The van der Waals surface area contributed by atoms with Crippen LogP contribution in [0, 0.1) is 0 Å². The third-order valence-electron chi connectivity index (χ3n) is 4.26. The number of ether oxygens (including phenoxy) is 1. The summed E-state index contributed by atoms with van der Waals surface area (Å²) in [6, 6.07) is 8.26. The van der Waals surface area contributed by atoms with Crippen LogP contribution in [0.3, 0.4) is 0 Å². The lowest BCUT2D eigenvalue weighted by atomic mass is 10.1. The lowest BCUT2D eigenvalue weighted by Crippen LogP contribution is -2.49. The fraction of sp³-hybridized carbons (Fsp3) is 0.474. The number of H-pyrrole nitrogens is 1. The maximum absolute atomic E-state index is 12.2. The van der Waals surface area contributed by atoms with Crippen molar-refractivity contribution in [3.8, 4) is 0 Å². The van der Waals surface area contributed by atoms with Crippen LogP contribution in [0.1, 0.15) is 37.7 Å². The number of nitrogens with zero attached hydrogens (tertiary/aromatic N) is 5. The molecule has 0 unspecified atom stereocenters. The monoisotopic (exact) mass is 370 g/mol. The second kappa shape index (κ2) is 8.30. The average molecular weight is 370 g/mol. The first-order chi connectivity index (χ1) is 12.9. The molecule has 144 valence electrons. The number of amides is 1. The zero-order valence-electron chi connectivity index (χ0n) is 16.1. The summed E-state index contributed by atoms with van der Waals surface area (Å²) >= 11 is 0. The van der Waals surface area contributed by atoms with Gasteiger partial charge < -0.3 is 9.64 Å². The van der Waals surface area contributed by atoms with Gasteiger partial charge in [-0.1, -0.05) is 30.3 Å². The van der Waals surface area contributed by atoms with E-state index in [2.05, 4.69) is 37.7 Å². The summed E-state index contributed by atoms with van der Waals surface area (Å²) < 4.78 is 5.46. The van der Waals surface area contributed by atoms with Crippen molar-refractivity contribution >= 4 is 18.2 Å². The molecule has 1 N–H and O–H groups in total. The second-order valence-corrected chi connectivity index (χ2v) is 7.56. The highest BCUT2D eigenvalue weighted by atomic mass is 16.6. The van der Waals surface area contributed by atoms with Gasteiger partial charge in [-0.2, -0.15) is 0 Å². The minimum absolute atomic E-state index is 0.230. The number of nitrogens with one attached hydrogen (secondary N) is 1. The second-order valence-electron chi connectivity index (χ2n) is 7.56. The number of piperazine rings is 1. The van der Waals surface area contributed by atoms with Crippen molar-refractivity contribution in [2.24, 2.45) is 0 Å². The molecule has 1 aromatic carbocycles. The molecular formula is C19H26N6O2. The number of aromatic nitrogens is 4. The summed E-state index contributed by atoms with van der Waals surface area (Å²) in [6.45, 7) is 9.50. The molecule has 1 fully saturated rings. The van der Waals surface area contributed by atoms with Crippen LogP contribution in [0.5, 0.6) is 0 Å². The molecule has 2 heterocycles. The number of aromatic amines is 1. The molecule has 0 atom stereocenters. The van der Waals surface area contributed by atoms with E-state index in [1.165, 1.54) is 5.56 Å². The molecule has 8 heteroatoms. The van der Waals surface area contributed by atoms with Crippen LogP contribution in [0.15, 0.2) is 24.3 Å². The third kappa shape index (κ3) is 5.62. The van der Waals surface area contributed by atoms with Gasteiger partial charge in [0.15, 0.2) is 5.82 Å². The first-order valence-electron chi connectivity index (χ1n) is 9.11. The zero-order valence-corrected chi connectivity index (χ0v) is 16.1. The number of benzene rings is 1. The lowest BCUT2D eigenvalue weighted by molar-refractivity contribution is 0.0139. The Bertz CT molecular complexity index is 774. The van der Waals surface area contributed by atoms with Gasteiger partial charge in [-0.3, -0.25) is 4.90 Å². The van der Waals surface area contributed by atoms with E-state index in [9.17, 15) is 4.79 Å². The Kier molecular flexibility index (Phi) is 5.85. The number of hydrogen-bond acceptors (Lipinski definition) is 6. The average Bonchev–Trinajstić information content (AvgIpc) is 3.14. The highest BCUT2D eigenvalue weighted by molar-refractivity contribution is 5.69. The van der Waals surface area contributed by atoms with Crippen LogP contribution in [0.4, 0.5) is 4.79 Å². The van der Waals surface area contributed by atoms with Crippen molar-refractivity contribution in [2.75, 3.05) is 26.2 Å². The van der Waals surface area contributed by atoms with Crippen molar-refractivity contribution in [1.82, 2.24) is 30.4 Å². The van der Waals surface area contributed by atoms with Crippen LogP contribution in [0.2, 0.25) is 0 Å². The lowest BCUT2D eigenvalue weighted by Gasteiger charge is -2.35. The van der Waals surface area contributed by atoms with E-state index in [-0.39, 0.29) is 6.09 Å². The maximum atomic E-state index is 12.2. The van der Waals surface area contributed by atoms with Crippen LogP contribution >= 0.6 is 0 Å². The van der Waals surface area contributed by atoms with E-state index in [0.29, 0.717) is 18.9 Å². The summed E-state index contributed by atoms with van der Waals surface area (Å²) in [5.74, 6) is 0.621. The van der Waals surface area contributed by atoms with Crippen molar-refractivity contribution in [3.05, 3.63) is 41.2 Å². The van der Waals surface area contributed by atoms with Gasteiger partial charge in [-0.25, -0.2) is 9.89 Å². The number of hydrogen-bond donors (Lipinski definition) is 1. The van der Waals surface area contributed by atoms with Crippen molar-refractivity contribution in [2.45, 2.75) is 32.9 Å². The fourth-order valence-corrected chi connectivity index (χ4v) is 2.90. The van der Waals surface area contributed by atoms with Crippen LogP contribution in [-0.2, 0) is 11.3 Å². The summed E-state index contributed by atoms with van der Waals surface area (Å²) in [4.78, 5) is 16.3. The third-order valence-corrected chi connectivity index (χ3v) is 4.26. The first kappa shape index (κ1) is 19.0. The van der Waals surface area contributed by atoms with E-state index in [1.807, 2.05) is 45.1 Å². The predicted octanol–water partition coefficient (Wildman–Crippen LogP) is 2.42.